The van der Waals surface area contributed by atoms with Crippen molar-refractivity contribution in [1.82, 2.24) is 0 Å². The van der Waals surface area contributed by atoms with E-state index in [0.717, 1.165) is 38.5 Å². The van der Waals surface area contributed by atoms with Gasteiger partial charge < -0.3 is 5.11 Å². The Labute approximate surface area is 144 Å². The third kappa shape index (κ3) is 2.06. The summed E-state index contributed by atoms with van der Waals surface area (Å²) < 4.78 is 0. The summed E-state index contributed by atoms with van der Waals surface area (Å²) in [6.07, 6.45) is 7.97. The van der Waals surface area contributed by atoms with E-state index in [2.05, 4.69) is 13.8 Å². The fraction of sp³-hybridized carbons (Fsp3) is 0.810. The molecule has 4 rings (SSSR count). The van der Waals surface area contributed by atoms with Gasteiger partial charge in [0.15, 0.2) is 5.78 Å². The average molecular weight is 330 g/mol. The number of rotatable bonds is 1. The number of allylic oxidation sites excluding steroid dienone is 1. The first-order valence-corrected chi connectivity index (χ1v) is 9.70. The Morgan fingerprint density at radius 1 is 1.21 bits per heavy atom. The van der Waals surface area contributed by atoms with Crippen molar-refractivity contribution in [3.8, 4) is 0 Å². The van der Waals surface area contributed by atoms with E-state index < -0.39 is 0 Å². The lowest BCUT2D eigenvalue weighted by Crippen LogP contribution is -2.56. The van der Waals surface area contributed by atoms with Gasteiger partial charge in [-0.25, -0.2) is 0 Å². The summed E-state index contributed by atoms with van der Waals surface area (Å²) in [4.78, 5) is 24.0. The van der Waals surface area contributed by atoms with Crippen molar-refractivity contribution in [2.45, 2.75) is 71.8 Å². The van der Waals surface area contributed by atoms with E-state index in [9.17, 15) is 14.7 Å². The van der Waals surface area contributed by atoms with Crippen LogP contribution in [0.4, 0.5) is 0 Å². The standard InChI is InChI=1S/C21H30O3/c1-12(22)16-6-7-17-15-5-4-13-10-14(23)8-9-20(13,2)19(15)18(24)11-21(16,17)3/h10,15-19,24H,4-9,11H2,1-3H3/t15-,16-,17+,18-,19+,20-,21+/m0/s1. The molecule has 3 saturated carbocycles. The zero-order valence-corrected chi connectivity index (χ0v) is 15.2. The first-order chi connectivity index (χ1) is 11.3. The largest absolute Gasteiger partial charge is 0.393 e. The quantitative estimate of drug-likeness (QED) is 0.797. The van der Waals surface area contributed by atoms with E-state index in [1.165, 1.54) is 5.57 Å². The highest BCUT2D eigenvalue weighted by atomic mass is 16.3. The van der Waals surface area contributed by atoms with Gasteiger partial charge in [0, 0.05) is 12.3 Å². The smallest absolute Gasteiger partial charge is 0.155 e. The van der Waals surface area contributed by atoms with Crippen LogP contribution in [-0.2, 0) is 9.59 Å². The van der Waals surface area contributed by atoms with Crippen LogP contribution in [0.2, 0.25) is 0 Å². The SMILES string of the molecule is CC(=O)[C@@H]1CC[C@@H]2[C@@H]3CCC4=CC(=O)CC[C@]4(C)[C@H]3[C@@H](O)C[C@@]21C. The molecule has 4 aliphatic carbocycles. The molecule has 3 fully saturated rings. The predicted octanol–water partition coefficient (Wildman–Crippen LogP) is 3.69. The van der Waals surface area contributed by atoms with Gasteiger partial charge in [0.05, 0.1) is 6.10 Å². The molecule has 7 atom stereocenters. The molecule has 4 aliphatic rings. The first-order valence-electron chi connectivity index (χ1n) is 9.70. The molecule has 0 spiro atoms. The molecule has 0 radical (unpaired) electrons. The molecule has 1 N–H and O–H groups in total. The summed E-state index contributed by atoms with van der Waals surface area (Å²) in [7, 11) is 0. The number of hydrogen-bond acceptors (Lipinski definition) is 3. The summed E-state index contributed by atoms with van der Waals surface area (Å²) in [5.74, 6) is 1.99. The Morgan fingerprint density at radius 2 is 1.96 bits per heavy atom. The van der Waals surface area contributed by atoms with Gasteiger partial charge in [-0.15, -0.1) is 0 Å². The molecule has 0 saturated heterocycles. The Morgan fingerprint density at radius 3 is 2.67 bits per heavy atom. The summed E-state index contributed by atoms with van der Waals surface area (Å²) in [5.41, 5.74) is 1.23. The lowest BCUT2D eigenvalue weighted by Gasteiger charge is -2.59. The number of fused-ring (bicyclic) bond motifs is 5. The first kappa shape index (κ1) is 16.5. The highest BCUT2D eigenvalue weighted by Crippen LogP contribution is 2.66. The third-order valence-corrected chi connectivity index (χ3v) is 8.38. The molecule has 3 nitrogen and oxygen atoms in total. The van der Waals surface area contributed by atoms with Gasteiger partial charge in [0.1, 0.15) is 5.78 Å². The van der Waals surface area contributed by atoms with Gasteiger partial charge in [-0.2, -0.15) is 0 Å². The molecule has 0 amide bonds. The van der Waals surface area contributed by atoms with Crippen molar-refractivity contribution in [3.05, 3.63) is 11.6 Å². The maximum atomic E-state index is 12.2. The van der Waals surface area contributed by atoms with Crippen LogP contribution in [0.1, 0.15) is 65.7 Å². The molecule has 132 valence electrons. The van der Waals surface area contributed by atoms with Crippen LogP contribution < -0.4 is 0 Å². The molecular formula is C21H30O3. The number of Topliss-reactive ketones (excluding diaryl/α,β-unsaturated/α-hetero) is 1. The van der Waals surface area contributed by atoms with Crippen LogP contribution in [0.3, 0.4) is 0 Å². The van der Waals surface area contributed by atoms with Gasteiger partial charge in [0.2, 0.25) is 0 Å². The van der Waals surface area contributed by atoms with E-state index in [4.69, 9.17) is 0 Å². The summed E-state index contributed by atoms with van der Waals surface area (Å²) in [6.45, 7) is 6.27. The average Bonchev–Trinajstić information content (AvgIpc) is 2.84. The minimum absolute atomic E-state index is 0.0219. The van der Waals surface area contributed by atoms with Gasteiger partial charge in [-0.1, -0.05) is 19.4 Å². The Hall–Kier alpha value is -0.960. The van der Waals surface area contributed by atoms with Crippen LogP contribution >= 0.6 is 0 Å². The molecule has 0 bridgehead atoms. The van der Waals surface area contributed by atoms with Crippen LogP contribution in [-0.4, -0.2) is 22.8 Å². The second-order valence-electron chi connectivity index (χ2n) is 9.41. The second kappa shape index (κ2) is 5.27. The number of aliphatic hydroxyl groups excluding tert-OH is 1. The maximum Gasteiger partial charge on any atom is 0.155 e. The fourth-order valence-electron chi connectivity index (χ4n) is 7.35. The Bertz CT molecular complexity index is 621. The number of ketones is 2. The summed E-state index contributed by atoms with van der Waals surface area (Å²) in [5, 5.41) is 11.2. The fourth-order valence-corrected chi connectivity index (χ4v) is 7.35. The summed E-state index contributed by atoms with van der Waals surface area (Å²) in [6, 6.07) is 0. The normalized spacial score (nSPS) is 50.6. The number of aliphatic hydroxyl groups is 1. The summed E-state index contributed by atoms with van der Waals surface area (Å²) >= 11 is 0. The van der Waals surface area contributed by atoms with Crippen LogP contribution in [0.25, 0.3) is 0 Å². The lowest BCUT2D eigenvalue weighted by atomic mass is 9.46. The minimum Gasteiger partial charge on any atom is -0.393 e. The minimum atomic E-state index is -0.349. The molecule has 0 aliphatic heterocycles. The van der Waals surface area contributed by atoms with E-state index in [1.54, 1.807) is 6.92 Å². The van der Waals surface area contributed by atoms with Crippen LogP contribution in [0, 0.1) is 34.5 Å². The lowest BCUT2D eigenvalue weighted by molar-refractivity contribution is -0.143. The van der Waals surface area contributed by atoms with Crippen molar-refractivity contribution >= 4 is 11.6 Å². The monoisotopic (exact) mass is 330 g/mol. The van der Waals surface area contributed by atoms with Crippen molar-refractivity contribution in [2.24, 2.45) is 34.5 Å². The van der Waals surface area contributed by atoms with Crippen molar-refractivity contribution in [3.63, 3.8) is 0 Å². The highest BCUT2D eigenvalue weighted by molar-refractivity contribution is 5.91. The Kier molecular flexibility index (Phi) is 3.62. The van der Waals surface area contributed by atoms with Gasteiger partial charge in [-0.3, -0.25) is 9.59 Å². The zero-order chi connectivity index (χ0) is 17.3. The van der Waals surface area contributed by atoms with Crippen LogP contribution in [0.5, 0.6) is 0 Å². The number of carbonyl (C=O) groups excluding carboxylic acids is 2. The van der Waals surface area contributed by atoms with Gasteiger partial charge in [-0.05, 0) is 80.1 Å². The number of hydrogen-bond donors (Lipinski definition) is 1. The van der Waals surface area contributed by atoms with E-state index in [1.807, 2.05) is 6.08 Å². The molecule has 0 heterocycles. The topological polar surface area (TPSA) is 54.4 Å². The molecule has 0 aromatic rings. The third-order valence-electron chi connectivity index (χ3n) is 8.38. The molecular weight excluding hydrogens is 300 g/mol. The van der Waals surface area contributed by atoms with E-state index >= 15 is 0 Å². The van der Waals surface area contributed by atoms with Crippen molar-refractivity contribution < 1.29 is 14.7 Å². The molecule has 24 heavy (non-hydrogen) atoms. The van der Waals surface area contributed by atoms with E-state index in [-0.39, 0.29) is 34.6 Å². The predicted molar refractivity (Wildman–Crippen MR) is 92.3 cm³/mol. The second-order valence-corrected chi connectivity index (χ2v) is 9.41. The van der Waals surface area contributed by atoms with E-state index in [0.29, 0.717) is 24.0 Å². The molecule has 0 unspecified atom stereocenters. The Balaban J connectivity index is 1.72. The molecule has 0 aromatic heterocycles. The van der Waals surface area contributed by atoms with Crippen molar-refractivity contribution in [2.75, 3.05) is 0 Å². The van der Waals surface area contributed by atoms with Crippen molar-refractivity contribution in [1.29, 1.82) is 0 Å². The highest BCUT2D eigenvalue weighted by Gasteiger charge is 2.62. The maximum absolute atomic E-state index is 12.2. The van der Waals surface area contributed by atoms with Crippen LogP contribution in [0.15, 0.2) is 11.6 Å². The zero-order valence-electron chi connectivity index (χ0n) is 15.2. The molecule has 3 heteroatoms. The molecule has 0 aromatic carbocycles. The van der Waals surface area contributed by atoms with Gasteiger partial charge in [0.25, 0.3) is 0 Å². The number of carbonyl (C=O) groups is 2. The van der Waals surface area contributed by atoms with Gasteiger partial charge >= 0.3 is 0 Å².